The molecule has 0 atom stereocenters. The Morgan fingerprint density at radius 2 is 1.67 bits per heavy atom. The molecule has 0 radical (unpaired) electrons. The minimum absolute atomic E-state index is 0.00256. The van der Waals surface area contributed by atoms with E-state index in [9.17, 15) is 9.59 Å². The predicted octanol–water partition coefficient (Wildman–Crippen LogP) is 5.91. The number of Topliss-reactive ketones (excluding diaryl/α,β-unsaturated/α-hetero) is 1. The Hall–Kier alpha value is -3.60. The van der Waals surface area contributed by atoms with Crippen LogP contribution in [0.15, 0.2) is 60.7 Å². The van der Waals surface area contributed by atoms with Crippen LogP contribution in [0, 0.1) is 6.92 Å². The maximum atomic E-state index is 13.5. The Morgan fingerprint density at radius 1 is 0.917 bits per heavy atom. The maximum absolute atomic E-state index is 13.5. The van der Waals surface area contributed by atoms with E-state index in [4.69, 9.17) is 9.47 Å². The van der Waals surface area contributed by atoms with Crippen LogP contribution in [0.3, 0.4) is 0 Å². The van der Waals surface area contributed by atoms with E-state index in [-0.39, 0.29) is 18.5 Å². The first-order valence-corrected chi connectivity index (χ1v) is 13.0. The van der Waals surface area contributed by atoms with Crippen molar-refractivity contribution in [2.24, 2.45) is 0 Å². The quantitative estimate of drug-likeness (QED) is 0.456. The fraction of sp³-hybridized carbons (Fsp3) is 0.355. The Morgan fingerprint density at radius 3 is 2.42 bits per heavy atom. The van der Waals surface area contributed by atoms with E-state index >= 15 is 0 Å². The van der Waals surface area contributed by atoms with Gasteiger partial charge in [0, 0.05) is 18.0 Å². The van der Waals surface area contributed by atoms with Gasteiger partial charge in [0.15, 0.2) is 11.5 Å². The van der Waals surface area contributed by atoms with Gasteiger partial charge in [0.1, 0.15) is 5.78 Å². The second-order valence-corrected chi connectivity index (χ2v) is 10.4. The fourth-order valence-electron chi connectivity index (χ4n) is 5.63. The topological polar surface area (TPSA) is 64.6 Å². The number of nitrogens with one attached hydrogen (secondary N) is 1. The normalized spacial score (nSPS) is 17.7. The van der Waals surface area contributed by atoms with Crippen LogP contribution in [0.25, 0.3) is 11.1 Å². The SMILES string of the molecule is Cc1ccc(CC(=O)C2(c3ccc4c(c3)OCO4)CC2)cc1-c1ccc(C(=O)NC2CCCC2)cc1. The summed E-state index contributed by atoms with van der Waals surface area (Å²) in [5.41, 5.74) is 5.60. The number of carbonyl (C=O) groups is 2. The van der Waals surface area contributed by atoms with Crippen molar-refractivity contribution in [3.63, 3.8) is 0 Å². The van der Waals surface area contributed by atoms with Crippen LogP contribution in [-0.4, -0.2) is 24.5 Å². The third-order valence-electron chi connectivity index (χ3n) is 8.02. The molecule has 0 aromatic heterocycles. The summed E-state index contributed by atoms with van der Waals surface area (Å²) in [6.45, 7) is 2.31. The fourth-order valence-corrected chi connectivity index (χ4v) is 5.63. The highest BCUT2D eigenvalue weighted by Gasteiger charge is 2.50. The lowest BCUT2D eigenvalue weighted by molar-refractivity contribution is -0.120. The van der Waals surface area contributed by atoms with Crippen LogP contribution in [0.5, 0.6) is 11.5 Å². The van der Waals surface area contributed by atoms with E-state index in [0.29, 0.717) is 18.0 Å². The van der Waals surface area contributed by atoms with Crippen molar-refractivity contribution in [3.8, 4) is 22.6 Å². The lowest BCUT2D eigenvalue weighted by Crippen LogP contribution is -2.32. The molecule has 3 aromatic carbocycles. The zero-order valence-corrected chi connectivity index (χ0v) is 20.6. The molecule has 6 rings (SSSR count). The summed E-state index contributed by atoms with van der Waals surface area (Å²) >= 11 is 0. The van der Waals surface area contributed by atoms with Crippen molar-refractivity contribution < 1.29 is 19.1 Å². The molecule has 1 N–H and O–H groups in total. The molecule has 2 fully saturated rings. The van der Waals surface area contributed by atoms with E-state index in [1.54, 1.807) is 0 Å². The summed E-state index contributed by atoms with van der Waals surface area (Å²) in [4.78, 5) is 26.1. The highest BCUT2D eigenvalue weighted by molar-refractivity contribution is 5.96. The van der Waals surface area contributed by atoms with Crippen LogP contribution in [0.1, 0.15) is 65.6 Å². The molecule has 5 nitrogen and oxygen atoms in total. The number of amides is 1. The van der Waals surface area contributed by atoms with E-state index in [1.807, 2.05) is 42.5 Å². The van der Waals surface area contributed by atoms with Gasteiger partial charge < -0.3 is 14.8 Å². The summed E-state index contributed by atoms with van der Waals surface area (Å²) in [6.07, 6.45) is 6.67. The van der Waals surface area contributed by atoms with Crippen molar-refractivity contribution in [3.05, 3.63) is 82.9 Å². The number of hydrogen-bond acceptors (Lipinski definition) is 4. The Kier molecular flexibility index (Phi) is 5.79. The number of hydrogen-bond donors (Lipinski definition) is 1. The molecular weight excluding hydrogens is 450 g/mol. The number of ketones is 1. The van der Waals surface area contributed by atoms with Gasteiger partial charge in [-0.15, -0.1) is 0 Å². The monoisotopic (exact) mass is 481 g/mol. The molecule has 1 heterocycles. The molecule has 3 aliphatic rings. The van der Waals surface area contributed by atoms with Crippen LogP contribution < -0.4 is 14.8 Å². The summed E-state index contributed by atoms with van der Waals surface area (Å²) in [5.74, 6) is 1.72. The first-order valence-electron chi connectivity index (χ1n) is 13.0. The standard InChI is InChI=1S/C31H31NO4/c1-20-6-7-21(17-29(33)31(14-15-31)24-12-13-27-28(18-24)36-19-35-27)16-26(20)22-8-10-23(11-9-22)30(34)32-25-4-2-3-5-25/h6-13,16,18,25H,2-5,14-15,17,19H2,1H3,(H,32,34). The molecule has 5 heteroatoms. The first kappa shape index (κ1) is 22.8. The number of carbonyl (C=O) groups excluding carboxylic acids is 2. The molecule has 3 aromatic rings. The zero-order chi connectivity index (χ0) is 24.7. The molecule has 0 bridgehead atoms. The van der Waals surface area contributed by atoms with Gasteiger partial charge >= 0.3 is 0 Å². The third kappa shape index (κ3) is 4.27. The van der Waals surface area contributed by atoms with Gasteiger partial charge in [-0.05, 0) is 84.7 Å². The molecule has 1 aliphatic heterocycles. The largest absolute Gasteiger partial charge is 0.454 e. The Labute approximate surface area is 211 Å². The van der Waals surface area contributed by atoms with Crippen LogP contribution in [0.2, 0.25) is 0 Å². The predicted molar refractivity (Wildman–Crippen MR) is 139 cm³/mol. The first-order chi connectivity index (χ1) is 17.5. The van der Waals surface area contributed by atoms with E-state index in [0.717, 1.165) is 65.0 Å². The molecule has 184 valence electrons. The number of ether oxygens (including phenoxy) is 2. The average Bonchev–Trinajstić information content (AvgIpc) is 3.30. The van der Waals surface area contributed by atoms with Crippen molar-refractivity contribution in [2.45, 2.75) is 63.3 Å². The Balaban J connectivity index is 1.18. The molecule has 0 saturated heterocycles. The number of benzene rings is 3. The second kappa shape index (κ2) is 9.12. The van der Waals surface area contributed by atoms with E-state index < -0.39 is 5.41 Å². The highest BCUT2D eigenvalue weighted by Crippen LogP contribution is 2.51. The number of aryl methyl sites for hydroxylation is 1. The summed E-state index contributed by atoms with van der Waals surface area (Å²) in [7, 11) is 0. The van der Waals surface area contributed by atoms with Gasteiger partial charge in [-0.3, -0.25) is 9.59 Å². The van der Waals surface area contributed by atoms with E-state index in [1.165, 1.54) is 12.8 Å². The Bertz CT molecular complexity index is 1320. The average molecular weight is 482 g/mol. The lowest BCUT2D eigenvalue weighted by atomic mass is 9.87. The van der Waals surface area contributed by atoms with Gasteiger partial charge in [-0.1, -0.05) is 49.2 Å². The van der Waals surface area contributed by atoms with Gasteiger partial charge in [0.05, 0.1) is 5.41 Å². The summed E-state index contributed by atoms with van der Waals surface area (Å²) < 4.78 is 11.0. The van der Waals surface area contributed by atoms with Crippen LogP contribution >= 0.6 is 0 Å². The number of rotatable bonds is 7. The van der Waals surface area contributed by atoms with Crippen molar-refractivity contribution >= 4 is 11.7 Å². The maximum Gasteiger partial charge on any atom is 0.251 e. The van der Waals surface area contributed by atoms with Crippen molar-refractivity contribution in [2.75, 3.05) is 6.79 Å². The molecule has 2 saturated carbocycles. The van der Waals surface area contributed by atoms with Crippen molar-refractivity contribution in [1.82, 2.24) is 5.32 Å². The van der Waals surface area contributed by atoms with Gasteiger partial charge in [0.2, 0.25) is 6.79 Å². The smallest absolute Gasteiger partial charge is 0.251 e. The lowest BCUT2D eigenvalue weighted by Gasteiger charge is -2.16. The molecule has 0 unspecified atom stereocenters. The molecule has 2 aliphatic carbocycles. The van der Waals surface area contributed by atoms with Gasteiger partial charge in [0.25, 0.3) is 5.91 Å². The van der Waals surface area contributed by atoms with Crippen LogP contribution in [-0.2, 0) is 16.6 Å². The second-order valence-electron chi connectivity index (χ2n) is 10.4. The molecule has 1 amide bonds. The van der Waals surface area contributed by atoms with E-state index in [2.05, 4.69) is 30.4 Å². The third-order valence-corrected chi connectivity index (χ3v) is 8.02. The zero-order valence-electron chi connectivity index (χ0n) is 20.6. The van der Waals surface area contributed by atoms with Crippen molar-refractivity contribution in [1.29, 1.82) is 0 Å². The molecule has 0 spiro atoms. The van der Waals surface area contributed by atoms with Crippen LogP contribution in [0.4, 0.5) is 0 Å². The van der Waals surface area contributed by atoms with Gasteiger partial charge in [-0.25, -0.2) is 0 Å². The highest BCUT2D eigenvalue weighted by atomic mass is 16.7. The summed E-state index contributed by atoms with van der Waals surface area (Å²) in [5, 5.41) is 3.15. The number of fused-ring (bicyclic) bond motifs is 1. The molecular formula is C31H31NO4. The molecule has 36 heavy (non-hydrogen) atoms. The minimum Gasteiger partial charge on any atom is -0.454 e. The minimum atomic E-state index is -0.416. The summed E-state index contributed by atoms with van der Waals surface area (Å²) in [6, 6.07) is 20.3. The van der Waals surface area contributed by atoms with Gasteiger partial charge in [-0.2, -0.15) is 0 Å².